The largest absolute Gasteiger partial charge is 0.459 e. The van der Waals surface area contributed by atoms with Crippen molar-refractivity contribution in [1.82, 2.24) is 0 Å². The van der Waals surface area contributed by atoms with Gasteiger partial charge in [-0.1, -0.05) is 6.08 Å². The van der Waals surface area contributed by atoms with Gasteiger partial charge in [0.05, 0.1) is 6.10 Å². The van der Waals surface area contributed by atoms with Gasteiger partial charge in [0.1, 0.15) is 12.2 Å². The maximum atomic E-state index is 11.3. The maximum absolute atomic E-state index is 11.3. The molecule has 5 heteroatoms. The molecule has 0 aliphatic carbocycles. The third-order valence-corrected chi connectivity index (χ3v) is 2.14. The fourth-order valence-electron chi connectivity index (χ4n) is 1.45. The third-order valence-electron chi connectivity index (χ3n) is 2.14. The Morgan fingerprint density at radius 1 is 1.47 bits per heavy atom. The lowest BCUT2D eigenvalue weighted by molar-refractivity contribution is -0.145. The van der Waals surface area contributed by atoms with Crippen molar-refractivity contribution < 1.29 is 24.2 Å². The van der Waals surface area contributed by atoms with E-state index in [4.69, 9.17) is 9.47 Å². The molecule has 0 aromatic heterocycles. The predicted molar refractivity (Wildman–Crippen MR) is 60.0 cm³/mol. The number of rotatable bonds is 1. The molecule has 0 bridgehead atoms. The van der Waals surface area contributed by atoms with E-state index in [9.17, 15) is 14.7 Å². The highest BCUT2D eigenvalue weighted by Crippen LogP contribution is 2.09. The van der Waals surface area contributed by atoms with Crippen LogP contribution in [0.4, 0.5) is 0 Å². The van der Waals surface area contributed by atoms with Crippen LogP contribution in [0.5, 0.6) is 0 Å². The van der Waals surface area contributed by atoms with Crippen molar-refractivity contribution in [3.05, 3.63) is 24.3 Å². The number of aliphatic hydroxyl groups excluding tert-OH is 1. The Hall–Kier alpha value is -1.62. The van der Waals surface area contributed by atoms with Crippen LogP contribution in [0.3, 0.4) is 0 Å². The molecule has 1 rings (SSSR count). The molecule has 0 saturated carbocycles. The van der Waals surface area contributed by atoms with E-state index >= 15 is 0 Å². The van der Waals surface area contributed by atoms with E-state index in [0.29, 0.717) is 6.42 Å². The number of esters is 2. The summed E-state index contributed by atoms with van der Waals surface area (Å²) in [5.41, 5.74) is 0. The average molecular weight is 240 g/mol. The number of hydrogen-bond acceptors (Lipinski definition) is 5. The molecule has 0 aromatic carbocycles. The lowest BCUT2D eigenvalue weighted by atomic mass is 10.1. The van der Waals surface area contributed by atoms with Gasteiger partial charge in [-0.05, 0) is 19.1 Å². The van der Waals surface area contributed by atoms with E-state index in [0.717, 1.165) is 0 Å². The minimum absolute atomic E-state index is 0.308. The van der Waals surface area contributed by atoms with Crippen LogP contribution in [-0.2, 0) is 19.1 Å². The van der Waals surface area contributed by atoms with Crippen molar-refractivity contribution in [2.24, 2.45) is 0 Å². The number of hydrogen-bond donors (Lipinski definition) is 1. The summed E-state index contributed by atoms with van der Waals surface area (Å²) in [6.45, 7) is 2.98. The summed E-state index contributed by atoms with van der Waals surface area (Å²) >= 11 is 0. The van der Waals surface area contributed by atoms with Crippen molar-refractivity contribution in [2.45, 2.75) is 38.6 Å². The summed E-state index contributed by atoms with van der Waals surface area (Å²) in [6.07, 6.45) is 4.23. The minimum Gasteiger partial charge on any atom is -0.459 e. The van der Waals surface area contributed by atoms with Gasteiger partial charge in [-0.3, -0.25) is 4.79 Å². The highest BCUT2D eigenvalue weighted by molar-refractivity contribution is 5.82. The summed E-state index contributed by atoms with van der Waals surface area (Å²) in [7, 11) is 0. The van der Waals surface area contributed by atoms with Gasteiger partial charge in [0.25, 0.3) is 0 Å². The number of ether oxygens (including phenoxy) is 2. The average Bonchev–Trinajstić information content (AvgIpc) is 2.20. The molecule has 0 fully saturated rings. The van der Waals surface area contributed by atoms with Gasteiger partial charge in [0.2, 0.25) is 0 Å². The summed E-state index contributed by atoms with van der Waals surface area (Å²) in [4.78, 5) is 22.1. The molecule has 1 N–H and O–H groups in total. The summed E-state index contributed by atoms with van der Waals surface area (Å²) in [5.74, 6) is -0.977. The summed E-state index contributed by atoms with van der Waals surface area (Å²) in [6, 6.07) is 0. The first kappa shape index (κ1) is 13.4. The van der Waals surface area contributed by atoms with Crippen LogP contribution >= 0.6 is 0 Å². The zero-order chi connectivity index (χ0) is 12.8. The van der Waals surface area contributed by atoms with Gasteiger partial charge in [0.15, 0.2) is 0 Å². The topological polar surface area (TPSA) is 72.8 Å². The monoisotopic (exact) mass is 240 g/mol. The van der Waals surface area contributed by atoms with Gasteiger partial charge in [0, 0.05) is 19.4 Å². The van der Waals surface area contributed by atoms with Crippen LogP contribution in [0.25, 0.3) is 0 Å². The van der Waals surface area contributed by atoms with Gasteiger partial charge >= 0.3 is 11.9 Å². The first-order chi connectivity index (χ1) is 7.97. The number of cyclic esters (lactones) is 1. The van der Waals surface area contributed by atoms with Gasteiger partial charge in [-0.25, -0.2) is 4.79 Å². The SMILES string of the molecule is CC(=O)OC1C=CC(=O)OC(C)CC(O)C=C1. The van der Waals surface area contributed by atoms with E-state index in [1.54, 1.807) is 6.92 Å². The molecular weight excluding hydrogens is 224 g/mol. The molecule has 3 unspecified atom stereocenters. The normalized spacial score (nSPS) is 29.6. The van der Waals surface area contributed by atoms with E-state index in [-0.39, 0.29) is 6.10 Å². The van der Waals surface area contributed by atoms with E-state index in [1.807, 2.05) is 0 Å². The molecule has 1 aliphatic rings. The molecule has 94 valence electrons. The Bertz CT molecular complexity index is 345. The van der Waals surface area contributed by atoms with Crippen LogP contribution in [0.15, 0.2) is 24.3 Å². The summed E-state index contributed by atoms with van der Waals surface area (Å²) < 4.78 is 9.91. The molecule has 0 aromatic rings. The second-order valence-electron chi connectivity index (χ2n) is 3.87. The molecule has 0 spiro atoms. The molecule has 3 atom stereocenters. The molecule has 17 heavy (non-hydrogen) atoms. The van der Waals surface area contributed by atoms with Gasteiger partial charge in [-0.2, -0.15) is 0 Å². The van der Waals surface area contributed by atoms with Crippen molar-refractivity contribution in [3.63, 3.8) is 0 Å². The number of aliphatic hydroxyl groups is 1. The lowest BCUT2D eigenvalue weighted by Crippen LogP contribution is -2.21. The van der Waals surface area contributed by atoms with Crippen LogP contribution < -0.4 is 0 Å². The standard InChI is InChI=1S/C12H16O5/c1-8-7-10(14)3-4-11(17-9(2)13)5-6-12(15)16-8/h3-6,8,10-11,14H,7H2,1-2H3. The Balaban J connectivity index is 2.79. The van der Waals surface area contributed by atoms with Crippen molar-refractivity contribution in [2.75, 3.05) is 0 Å². The minimum atomic E-state index is -0.734. The van der Waals surface area contributed by atoms with Crippen LogP contribution in [0.2, 0.25) is 0 Å². The zero-order valence-electron chi connectivity index (χ0n) is 9.83. The first-order valence-electron chi connectivity index (χ1n) is 5.40. The van der Waals surface area contributed by atoms with Crippen molar-refractivity contribution in [3.8, 4) is 0 Å². The fraction of sp³-hybridized carbons (Fsp3) is 0.500. The Kier molecular flexibility index (Phi) is 4.90. The van der Waals surface area contributed by atoms with Crippen molar-refractivity contribution >= 4 is 11.9 Å². The number of carbonyl (C=O) groups is 2. The second kappa shape index (κ2) is 6.20. The molecule has 1 aliphatic heterocycles. The third kappa shape index (κ3) is 5.31. The second-order valence-corrected chi connectivity index (χ2v) is 3.87. The molecule has 5 nitrogen and oxygen atoms in total. The van der Waals surface area contributed by atoms with Gasteiger partial charge in [-0.15, -0.1) is 0 Å². The Morgan fingerprint density at radius 3 is 2.82 bits per heavy atom. The van der Waals surface area contributed by atoms with Crippen molar-refractivity contribution in [1.29, 1.82) is 0 Å². The Labute approximate surface area is 99.7 Å². The fourth-order valence-corrected chi connectivity index (χ4v) is 1.45. The molecule has 0 amide bonds. The Morgan fingerprint density at radius 2 is 2.18 bits per heavy atom. The van der Waals surface area contributed by atoms with E-state index in [1.165, 1.54) is 31.2 Å². The highest BCUT2D eigenvalue weighted by atomic mass is 16.5. The van der Waals surface area contributed by atoms with E-state index in [2.05, 4.69) is 0 Å². The number of carbonyl (C=O) groups excluding carboxylic acids is 2. The molecule has 0 saturated heterocycles. The van der Waals surface area contributed by atoms with E-state index < -0.39 is 24.1 Å². The maximum Gasteiger partial charge on any atom is 0.330 e. The quantitative estimate of drug-likeness (QED) is 0.540. The summed E-state index contributed by atoms with van der Waals surface area (Å²) in [5, 5.41) is 9.60. The molecular formula is C12H16O5. The zero-order valence-corrected chi connectivity index (χ0v) is 9.83. The smallest absolute Gasteiger partial charge is 0.330 e. The molecule has 0 radical (unpaired) electrons. The van der Waals surface area contributed by atoms with Crippen LogP contribution in [0, 0.1) is 0 Å². The van der Waals surface area contributed by atoms with Crippen LogP contribution in [-0.4, -0.2) is 35.4 Å². The van der Waals surface area contributed by atoms with Gasteiger partial charge < -0.3 is 14.6 Å². The predicted octanol–water partition coefficient (Wildman–Crippen LogP) is 0.727. The lowest BCUT2D eigenvalue weighted by Gasteiger charge is -2.16. The van der Waals surface area contributed by atoms with Crippen LogP contribution in [0.1, 0.15) is 20.3 Å². The highest BCUT2D eigenvalue weighted by Gasteiger charge is 2.14. The first-order valence-corrected chi connectivity index (χ1v) is 5.40. The molecule has 1 heterocycles.